The first-order valence-corrected chi connectivity index (χ1v) is 6.63. The predicted molar refractivity (Wildman–Crippen MR) is 73.3 cm³/mol. The van der Waals surface area contributed by atoms with Crippen molar-refractivity contribution in [1.82, 2.24) is 16.0 Å². The average Bonchev–Trinajstić information content (AvgIpc) is 2.31. The maximum Gasteiger partial charge on any atom is 0.315 e. The molecule has 0 aromatic rings. The number of carboxylic acids is 1. The van der Waals surface area contributed by atoms with E-state index in [9.17, 15) is 24.3 Å². The summed E-state index contributed by atoms with van der Waals surface area (Å²) in [7, 11) is 0. The van der Waals surface area contributed by atoms with Gasteiger partial charge >= 0.3 is 12.0 Å². The van der Waals surface area contributed by atoms with E-state index in [4.69, 9.17) is 0 Å². The molecule has 118 valence electrons. The van der Waals surface area contributed by atoms with Gasteiger partial charge in [0.15, 0.2) is 0 Å². The van der Waals surface area contributed by atoms with Crippen molar-refractivity contribution in [2.75, 3.05) is 0 Å². The number of amides is 4. The minimum atomic E-state index is -1.20. The molecule has 1 aliphatic heterocycles. The van der Waals surface area contributed by atoms with Crippen LogP contribution in [0.2, 0.25) is 0 Å². The van der Waals surface area contributed by atoms with Gasteiger partial charge in [-0.2, -0.15) is 0 Å². The highest BCUT2D eigenvalue weighted by molar-refractivity contribution is 6.01. The van der Waals surface area contributed by atoms with Crippen LogP contribution in [-0.2, 0) is 14.4 Å². The number of piperidine rings is 1. The molecule has 1 atom stereocenters. The van der Waals surface area contributed by atoms with E-state index < -0.39 is 34.9 Å². The van der Waals surface area contributed by atoms with Gasteiger partial charge in [0.2, 0.25) is 11.8 Å². The van der Waals surface area contributed by atoms with E-state index in [2.05, 4.69) is 16.0 Å². The third-order valence-electron chi connectivity index (χ3n) is 4.07. The van der Waals surface area contributed by atoms with Crippen LogP contribution in [0.5, 0.6) is 0 Å². The Bertz CT molecular complexity index is 484. The van der Waals surface area contributed by atoms with Gasteiger partial charge in [-0.05, 0) is 34.1 Å². The molecule has 8 nitrogen and oxygen atoms in total. The van der Waals surface area contributed by atoms with Crippen LogP contribution in [0.4, 0.5) is 4.79 Å². The molecule has 4 amide bonds. The molecule has 1 aliphatic rings. The molecule has 0 saturated carbocycles. The highest BCUT2D eigenvalue weighted by atomic mass is 16.4. The van der Waals surface area contributed by atoms with Crippen molar-refractivity contribution in [2.45, 2.75) is 52.1 Å². The van der Waals surface area contributed by atoms with E-state index in [0.29, 0.717) is 0 Å². The van der Waals surface area contributed by atoms with Gasteiger partial charge in [0.1, 0.15) is 6.04 Å². The van der Waals surface area contributed by atoms with Crippen LogP contribution in [0.3, 0.4) is 0 Å². The second-order valence-electron chi connectivity index (χ2n) is 6.16. The molecule has 0 bridgehead atoms. The molecule has 1 saturated heterocycles. The van der Waals surface area contributed by atoms with Crippen molar-refractivity contribution in [1.29, 1.82) is 0 Å². The Hall–Kier alpha value is -2.12. The van der Waals surface area contributed by atoms with Gasteiger partial charge in [-0.3, -0.25) is 19.7 Å². The molecule has 8 heteroatoms. The summed E-state index contributed by atoms with van der Waals surface area (Å²) in [5.41, 5.74) is -2.24. The molecular weight excluding hydrogens is 278 g/mol. The van der Waals surface area contributed by atoms with Crippen LogP contribution in [-0.4, -0.2) is 40.5 Å². The Morgan fingerprint density at radius 1 is 1.24 bits per heavy atom. The fourth-order valence-corrected chi connectivity index (χ4v) is 1.73. The molecule has 4 N–H and O–H groups in total. The quantitative estimate of drug-likeness (QED) is 0.543. The van der Waals surface area contributed by atoms with Crippen LogP contribution < -0.4 is 16.0 Å². The Balaban J connectivity index is 2.67. The number of carboxylic acid groups (broad SMARTS) is 1. The van der Waals surface area contributed by atoms with Gasteiger partial charge in [0.05, 0.1) is 11.0 Å². The lowest BCUT2D eigenvalue weighted by Crippen LogP contribution is -2.62. The summed E-state index contributed by atoms with van der Waals surface area (Å²) in [5, 5.41) is 16.4. The summed E-state index contributed by atoms with van der Waals surface area (Å²) in [5.74, 6) is -1.98. The fourth-order valence-electron chi connectivity index (χ4n) is 1.73. The average molecular weight is 299 g/mol. The number of carbonyl (C=O) groups excluding carboxylic acids is 3. The first-order valence-electron chi connectivity index (χ1n) is 6.63. The first-order chi connectivity index (χ1) is 9.47. The lowest BCUT2D eigenvalue weighted by molar-refractivity contribution is -0.150. The number of nitrogens with one attached hydrogen (secondary N) is 3. The van der Waals surface area contributed by atoms with Crippen molar-refractivity contribution in [3.8, 4) is 0 Å². The van der Waals surface area contributed by atoms with E-state index >= 15 is 0 Å². The van der Waals surface area contributed by atoms with Crippen LogP contribution in [0.25, 0.3) is 0 Å². The maximum absolute atomic E-state index is 11.9. The SMILES string of the molecule is CC(C)(NC(=O)NC1CCC(=O)NC1=O)C(C)(C)C(=O)O. The van der Waals surface area contributed by atoms with Gasteiger partial charge in [0, 0.05) is 6.42 Å². The Kier molecular flexibility index (Phi) is 4.60. The zero-order valence-corrected chi connectivity index (χ0v) is 12.6. The molecule has 0 radical (unpaired) electrons. The van der Waals surface area contributed by atoms with Crippen LogP contribution >= 0.6 is 0 Å². The Morgan fingerprint density at radius 3 is 2.29 bits per heavy atom. The monoisotopic (exact) mass is 299 g/mol. The zero-order chi connectivity index (χ0) is 16.4. The number of hydrogen-bond acceptors (Lipinski definition) is 4. The lowest BCUT2D eigenvalue weighted by atomic mass is 9.74. The summed E-state index contributed by atoms with van der Waals surface area (Å²) in [6, 6.07) is -1.45. The third kappa shape index (κ3) is 3.71. The second kappa shape index (κ2) is 5.71. The highest BCUT2D eigenvalue weighted by Crippen LogP contribution is 2.30. The third-order valence-corrected chi connectivity index (χ3v) is 4.07. The number of carbonyl (C=O) groups is 4. The van der Waals surface area contributed by atoms with E-state index in [1.807, 2.05) is 0 Å². The van der Waals surface area contributed by atoms with Gasteiger partial charge in [-0.15, -0.1) is 0 Å². The maximum atomic E-state index is 11.9. The molecule has 21 heavy (non-hydrogen) atoms. The molecule has 1 unspecified atom stereocenters. The molecule has 0 aromatic heterocycles. The van der Waals surface area contributed by atoms with Crippen molar-refractivity contribution in [2.24, 2.45) is 5.41 Å². The van der Waals surface area contributed by atoms with E-state index in [1.54, 1.807) is 13.8 Å². The molecule has 1 rings (SSSR count). The molecule has 0 aromatic carbocycles. The minimum Gasteiger partial charge on any atom is -0.481 e. The van der Waals surface area contributed by atoms with Crippen LogP contribution in [0.15, 0.2) is 0 Å². The fraction of sp³-hybridized carbons (Fsp3) is 0.692. The first kappa shape index (κ1) is 16.9. The van der Waals surface area contributed by atoms with Gasteiger partial charge in [-0.1, -0.05) is 0 Å². The molecular formula is C13H21N3O5. The minimum absolute atomic E-state index is 0.153. The van der Waals surface area contributed by atoms with Crippen molar-refractivity contribution in [3.05, 3.63) is 0 Å². The highest BCUT2D eigenvalue weighted by Gasteiger charge is 2.44. The largest absolute Gasteiger partial charge is 0.481 e. The predicted octanol–water partition coefficient (Wildman–Crippen LogP) is -0.0198. The topological polar surface area (TPSA) is 125 Å². The smallest absolute Gasteiger partial charge is 0.315 e. The second-order valence-corrected chi connectivity index (χ2v) is 6.16. The molecule has 1 heterocycles. The zero-order valence-electron chi connectivity index (χ0n) is 12.6. The summed E-state index contributed by atoms with van der Waals surface area (Å²) >= 11 is 0. The number of aliphatic carboxylic acids is 1. The normalized spacial score (nSPS) is 19.7. The Labute approximate surface area is 122 Å². The number of hydrogen-bond donors (Lipinski definition) is 4. The Morgan fingerprint density at radius 2 is 1.81 bits per heavy atom. The molecule has 0 aliphatic carbocycles. The summed E-state index contributed by atoms with van der Waals surface area (Å²) in [4.78, 5) is 45.8. The standard InChI is InChI=1S/C13H21N3O5/c1-12(2,10(19)20)13(3,4)16-11(21)14-7-5-6-8(17)15-9(7)18/h7H,5-6H2,1-4H3,(H,19,20)(H2,14,16,21)(H,15,17,18). The van der Waals surface area contributed by atoms with Crippen LogP contribution in [0, 0.1) is 5.41 Å². The summed E-state index contributed by atoms with van der Waals surface area (Å²) in [6.07, 6.45) is 0.377. The van der Waals surface area contributed by atoms with E-state index in [0.717, 1.165) is 0 Å². The molecule has 0 spiro atoms. The van der Waals surface area contributed by atoms with E-state index in [-0.39, 0.29) is 18.7 Å². The number of rotatable bonds is 4. The van der Waals surface area contributed by atoms with Gasteiger partial charge in [-0.25, -0.2) is 4.79 Å². The van der Waals surface area contributed by atoms with Crippen LogP contribution in [0.1, 0.15) is 40.5 Å². The van der Waals surface area contributed by atoms with Crippen molar-refractivity contribution in [3.63, 3.8) is 0 Å². The molecule has 1 fully saturated rings. The summed E-state index contributed by atoms with van der Waals surface area (Å²) in [6.45, 7) is 6.18. The van der Waals surface area contributed by atoms with Crippen molar-refractivity contribution >= 4 is 23.8 Å². The van der Waals surface area contributed by atoms with E-state index in [1.165, 1.54) is 13.8 Å². The van der Waals surface area contributed by atoms with Gasteiger partial charge < -0.3 is 15.7 Å². The summed E-state index contributed by atoms with van der Waals surface area (Å²) < 4.78 is 0. The number of imide groups is 1. The number of urea groups is 1. The van der Waals surface area contributed by atoms with Crippen molar-refractivity contribution < 1.29 is 24.3 Å². The lowest BCUT2D eigenvalue weighted by Gasteiger charge is -2.39. The van der Waals surface area contributed by atoms with Gasteiger partial charge in [0.25, 0.3) is 0 Å².